The smallest absolute Gasteiger partial charge is 0.0549 e. The Bertz CT molecular complexity index is 367. The molecule has 0 amide bonds. The van der Waals surface area contributed by atoms with Crippen LogP contribution in [0.2, 0.25) is 0 Å². The molecule has 0 aliphatic heterocycles. The zero-order valence-corrected chi connectivity index (χ0v) is 12.2. The van der Waals surface area contributed by atoms with E-state index in [0.29, 0.717) is 0 Å². The molecule has 0 aliphatic carbocycles. The minimum absolute atomic E-state index is 0.192. The maximum absolute atomic E-state index is 9.53. The molecule has 0 saturated heterocycles. The van der Waals surface area contributed by atoms with Gasteiger partial charge in [0.2, 0.25) is 0 Å². The first-order valence-corrected chi connectivity index (χ1v) is 6.81. The number of pyridine rings is 1. The van der Waals surface area contributed by atoms with Crippen molar-refractivity contribution in [1.82, 2.24) is 10.3 Å². The second-order valence-electron chi connectivity index (χ2n) is 5.11. The molecule has 0 saturated carbocycles. The summed E-state index contributed by atoms with van der Waals surface area (Å²) in [5, 5.41) is 13.0. The van der Waals surface area contributed by atoms with E-state index in [1.165, 1.54) is 11.1 Å². The van der Waals surface area contributed by atoms with Crippen LogP contribution in [0.1, 0.15) is 55.2 Å². The average Bonchev–Trinajstić information content (AvgIpc) is 2.27. The lowest BCUT2D eigenvalue weighted by Crippen LogP contribution is -2.24. The Kier molecular flexibility index (Phi) is 5.76. The maximum Gasteiger partial charge on any atom is 0.0549 e. The third-order valence-electron chi connectivity index (χ3n) is 3.42. The summed E-state index contributed by atoms with van der Waals surface area (Å²) in [5.74, 6) is 0. The molecule has 0 aliphatic rings. The number of hydrogen-bond donors (Lipinski definition) is 2. The summed E-state index contributed by atoms with van der Waals surface area (Å²) >= 11 is 0. The van der Waals surface area contributed by atoms with Crippen LogP contribution in [0, 0.1) is 20.8 Å². The Labute approximate surface area is 111 Å². The number of aromatic nitrogens is 1. The van der Waals surface area contributed by atoms with E-state index >= 15 is 0 Å². The average molecular weight is 250 g/mol. The number of hydrogen-bond acceptors (Lipinski definition) is 3. The van der Waals surface area contributed by atoms with Crippen molar-refractivity contribution in [3.63, 3.8) is 0 Å². The summed E-state index contributed by atoms with van der Waals surface area (Å²) in [4.78, 5) is 4.53. The van der Waals surface area contributed by atoms with E-state index < -0.39 is 0 Å². The van der Waals surface area contributed by atoms with Gasteiger partial charge in [-0.3, -0.25) is 4.98 Å². The van der Waals surface area contributed by atoms with E-state index in [1.807, 2.05) is 13.8 Å². The van der Waals surface area contributed by atoms with Crippen molar-refractivity contribution in [1.29, 1.82) is 0 Å². The van der Waals surface area contributed by atoms with Crippen LogP contribution in [0.5, 0.6) is 0 Å². The molecule has 2 atom stereocenters. The quantitative estimate of drug-likeness (QED) is 0.816. The third kappa shape index (κ3) is 4.07. The van der Waals surface area contributed by atoms with Gasteiger partial charge in [0, 0.05) is 17.4 Å². The Morgan fingerprint density at radius 2 is 2.00 bits per heavy atom. The largest absolute Gasteiger partial charge is 0.393 e. The fourth-order valence-corrected chi connectivity index (χ4v) is 2.46. The fourth-order valence-electron chi connectivity index (χ4n) is 2.46. The van der Waals surface area contributed by atoms with E-state index in [2.05, 4.69) is 37.1 Å². The molecule has 2 unspecified atom stereocenters. The van der Waals surface area contributed by atoms with E-state index in [0.717, 1.165) is 30.8 Å². The molecule has 1 aromatic rings. The van der Waals surface area contributed by atoms with Gasteiger partial charge in [0.15, 0.2) is 0 Å². The van der Waals surface area contributed by atoms with Crippen molar-refractivity contribution in [3.05, 3.63) is 28.6 Å². The van der Waals surface area contributed by atoms with Crippen LogP contribution in [0.3, 0.4) is 0 Å². The molecule has 0 radical (unpaired) electrons. The zero-order chi connectivity index (χ0) is 13.7. The van der Waals surface area contributed by atoms with Crippen LogP contribution >= 0.6 is 0 Å². The summed E-state index contributed by atoms with van der Waals surface area (Å²) in [6.07, 6.45) is 1.43. The second-order valence-corrected chi connectivity index (χ2v) is 5.11. The van der Waals surface area contributed by atoms with E-state index in [1.54, 1.807) is 0 Å². The van der Waals surface area contributed by atoms with Crippen LogP contribution in [-0.2, 0) is 0 Å². The highest BCUT2D eigenvalue weighted by molar-refractivity contribution is 5.33. The summed E-state index contributed by atoms with van der Waals surface area (Å²) in [5.41, 5.74) is 4.74. The Hall–Kier alpha value is -0.930. The van der Waals surface area contributed by atoms with Gasteiger partial charge in [-0.25, -0.2) is 0 Å². The van der Waals surface area contributed by atoms with Gasteiger partial charge in [0.1, 0.15) is 0 Å². The first-order valence-electron chi connectivity index (χ1n) is 6.81. The molecule has 0 bridgehead atoms. The van der Waals surface area contributed by atoms with Crippen LogP contribution in [0.25, 0.3) is 0 Å². The van der Waals surface area contributed by atoms with Crippen molar-refractivity contribution >= 4 is 0 Å². The minimum atomic E-state index is -0.192. The second kappa shape index (κ2) is 6.86. The SMILES string of the molecule is CCC(O)CCNC(C)c1c(C)cc(C)nc1C. The minimum Gasteiger partial charge on any atom is -0.393 e. The molecular formula is C15H26N2O. The van der Waals surface area contributed by atoms with Gasteiger partial charge < -0.3 is 10.4 Å². The molecule has 3 heteroatoms. The number of aryl methyl sites for hydroxylation is 3. The van der Waals surface area contributed by atoms with Crippen LogP contribution in [-0.4, -0.2) is 22.7 Å². The first-order chi connectivity index (χ1) is 8.45. The highest BCUT2D eigenvalue weighted by Crippen LogP contribution is 2.21. The normalized spacial score (nSPS) is 14.6. The van der Waals surface area contributed by atoms with Gasteiger partial charge in [0.05, 0.1) is 6.10 Å². The van der Waals surface area contributed by atoms with Gasteiger partial charge in [-0.1, -0.05) is 6.92 Å². The Balaban J connectivity index is 2.64. The van der Waals surface area contributed by atoms with Gasteiger partial charge in [-0.05, 0) is 64.3 Å². The monoisotopic (exact) mass is 250 g/mol. The van der Waals surface area contributed by atoms with Crippen LogP contribution in [0.15, 0.2) is 6.07 Å². The molecule has 18 heavy (non-hydrogen) atoms. The summed E-state index contributed by atoms with van der Waals surface area (Å²) in [6.45, 7) is 11.2. The third-order valence-corrected chi connectivity index (χ3v) is 3.42. The molecule has 102 valence electrons. The lowest BCUT2D eigenvalue weighted by atomic mass is 10.0. The van der Waals surface area contributed by atoms with E-state index in [-0.39, 0.29) is 12.1 Å². The number of rotatable bonds is 6. The summed E-state index contributed by atoms with van der Waals surface area (Å²) in [6, 6.07) is 2.41. The highest BCUT2D eigenvalue weighted by Gasteiger charge is 2.12. The van der Waals surface area contributed by atoms with Crippen molar-refractivity contribution in [2.75, 3.05) is 6.54 Å². The predicted molar refractivity (Wildman–Crippen MR) is 75.8 cm³/mol. The molecule has 1 aromatic heterocycles. The molecule has 0 spiro atoms. The van der Waals surface area contributed by atoms with Gasteiger partial charge in [-0.2, -0.15) is 0 Å². The van der Waals surface area contributed by atoms with Crippen molar-refractivity contribution < 1.29 is 5.11 Å². The van der Waals surface area contributed by atoms with Gasteiger partial charge in [-0.15, -0.1) is 0 Å². The van der Waals surface area contributed by atoms with Crippen LogP contribution < -0.4 is 5.32 Å². The van der Waals surface area contributed by atoms with Crippen molar-refractivity contribution in [2.24, 2.45) is 0 Å². The van der Waals surface area contributed by atoms with Crippen molar-refractivity contribution in [3.8, 4) is 0 Å². The Morgan fingerprint density at radius 3 is 2.56 bits per heavy atom. The molecule has 1 heterocycles. The lowest BCUT2D eigenvalue weighted by Gasteiger charge is -2.19. The van der Waals surface area contributed by atoms with Gasteiger partial charge in [0.25, 0.3) is 0 Å². The first kappa shape index (κ1) is 15.1. The van der Waals surface area contributed by atoms with E-state index in [4.69, 9.17) is 0 Å². The molecule has 2 N–H and O–H groups in total. The van der Waals surface area contributed by atoms with Crippen molar-refractivity contribution in [2.45, 2.75) is 59.6 Å². The zero-order valence-electron chi connectivity index (χ0n) is 12.2. The lowest BCUT2D eigenvalue weighted by molar-refractivity contribution is 0.159. The standard InChI is InChI=1S/C15H26N2O/c1-6-14(18)7-8-16-12(4)15-10(2)9-11(3)17-13(15)5/h9,12,14,16,18H,6-8H2,1-5H3. The predicted octanol–water partition coefficient (Wildman–Crippen LogP) is 2.82. The number of aliphatic hydroxyl groups excluding tert-OH is 1. The number of nitrogens with zero attached hydrogens (tertiary/aromatic N) is 1. The number of nitrogens with one attached hydrogen (secondary N) is 1. The molecule has 1 rings (SSSR count). The Morgan fingerprint density at radius 1 is 1.33 bits per heavy atom. The number of aliphatic hydroxyl groups is 1. The summed E-state index contributed by atoms with van der Waals surface area (Å²) in [7, 11) is 0. The maximum atomic E-state index is 9.53. The van der Waals surface area contributed by atoms with E-state index in [9.17, 15) is 5.11 Å². The van der Waals surface area contributed by atoms with Crippen LogP contribution in [0.4, 0.5) is 0 Å². The molecule has 0 fully saturated rings. The fraction of sp³-hybridized carbons (Fsp3) is 0.667. The molecule has 0 aromatic carbocycles. The topological polar surface area (TPSA) is 45.1 Å². The molecular weight excluding hydrogens is 224 g/mol. The highest BCUT2D eigenvalue weighted by atomic mass is 16.3. The van der Waals surface area contributed by atoms with Gasteiger partial charge >= 0.3 is 0 Å². The molecule has 3 nitrogen and oxygen atoms in total. The summed E-state index contributed by atoms with van der Waals surface area (Å²) < 4.78 is 0.